The maximum absolute atomic E-state index is 15.5. The molecule has 0 aromatic heterocycles. The van der Waals surface area contributed by atoms with Crippen LogP contribution in [0.2, 0.25) is 0 Å². The predicted octanol–water partition coefficient (Wildman–Crippen LogP) is 1.05. The molecule has 1 aliphatic heterocycles. The van der Waals surface area contributed by atoms with Gasteiger partial charge in [0.25, 0.3) is 5.91 Å². The summed E-state index contributed by atoms with van der Waals surface area (Å²) in [4.78, 5) is 141. The van der Waals surface area contributed by atoms with Gasteiger partial charge in [-0.3, -0.25) is 57.9 Å². The van der Waals surface area contributed by atoms with E-state index in [9.17, 15) is 63.3 Å². The number of carbonyl (C=O) groups excluding carboxylic acids is 6. The second-order valence-electron chi connectivity index (χ2n) is 23.0. The number of hydrogen-bond donors (Lipinski definition) is 9. The monoisotopic (exact) mass is 1250 g/mol. The summed E-state index contributed by atoms with van der Waals surface area (Å²) in [5, 5.41) is 84.3. The molecule has 2 saturated carbocycles. The Hall–Kier alpha value is -8.51. The molecular weight excluding hydrogens is 1170 g/mol. The van der Waals surface area contributed by atoms with Gasteiger partial charge < -0.3 is 69.9 Å². The Morgan fingerprint density at radius 1 is 0.652 bits per heavy atom. The van der Waals surface area contributed by atoms with Crippen molar-refractivity contribution < 1.29 is 117 Å². The first-order valence-corrected chi connectivity index (χ1v) is 28.2. The highest BCUT2D eigenvalue weighted by Gasteiger charge is 2.78. The molecule has 3 aromatic carbocycles. The van der Waals surface area contributed by atoms with E-state index in [1.807, 2.05) is 0 Å². The number of hydrogen-bond acceptors (Lipinski definition) is 22. The molecule has 0 radical (unpaired) electrons. The number of rotatable bonds is 26. The number of carboxylic acid groups (broad SMARTS) is 5. The zero-order valence-electron chi connectivity index (χ0n) is 49.7. The molecule has 89 heavy (non-hydrogen) atoms. The minimum atomic E-state index is -2.39. The number of nitrogens with one attached hydrogen (secondary N) is 1. The Morgan fingerprint density at radius 3 is 1.56 bits per heavy atom. The zero-order chi connectivity index (χ0) is 65.9. The molecule has 1 heterocycles. The summed E-state index contributed by atoms with van der Waals surface area (Å²) in [5.74, 6) is -13.0. The van der Waals surface area contributed by atoms with Gasteiger partial charge in [0, 0.05) is 63.8 Å². The summed E-state index contributed by atoms with van der Waals surface area (Å²) in [6.07, 6.45) is -10.5. The molecule has 9 N–H and O–H groups in total. The Kier molecular flexibility index (Phi) is 22.8. The van der Waals surface area contributed by atoms with Crippen LogP contribution in [-0.4, -0.2) is 234 Å². The Labute approximate surface area is 510 Å². The van der Waals surface area contributed by atoms with Gasteiger partial charge in [-0.1, -0.05) is 80.6 Å². The second-order valence-corrected chi connectivity index (χ2v) is 23.0. The van der Waals surface area contributed by atoms with E-state index < -0.39 is 175 Å². The van der Waals surface area contributed by atoms with E-state index in [0.29, 0.717) is 5.56 Å². The van der Waals surface area contributed by atoms with Crippen LogP contribution in [0, 0.1) is 16.7 Å². The number of aliphatic carboxylic acids is 5. The number of nitrogens with zero attached hydrogens (tertiary/aromatic N) is 3. The summed E-state index contributed by atoms with van der Waals surface area (Å²) in [7, 11) is 0. The third-order valence-corrected chi connectivity index (χ3v) is 16.7. The molecule has 4 aliphatic rings. The number of carboxylic acids is 5. The van der Waals surface area contributed by atoms with Crippen LogP contribution in [0.25, 0.3) is 0 Å². The van der Waals surface area contributed by atoms with Crippen LogP contribution in [-0.2, 0) is 66.8 Å². The highest BCUT2D eigenvalue weighted by atomic mass is 16.6. The quantitative estimate of drug-likeness (QED) is 0.0308. The molecule has 7 rings (SSSR count). The number of esters is 4. The Morgan fingerprint density at radius 2 is 1.11 bits per heavy atom. The minimum Gasteiger partial charge on any atom is -0.480 e. The first-order chi connectivity index (χ1) is 41.8. The SMILES string of the molecule is CC(=O)O[C@H]1C(=O)[C@@]2(C)[C@H]([C@H](OC(=O)c3ccccc3)[C@]3(O)C[C@H](OC(=O)[C@H](O)[C@@H](NC(=O)c4ccccc4)c4ccccc4)C(C)=C1C3(C)C)[C@]1(OC(C)=O)CO[C@@H]1C[C@@H]2O.O=C(O)CN(CCN(CC(=O)O)CC(=O)O)CCN(CC(=O)O)CC(=O)O. The number of benzene rings is 3. The lowest BCUT2D eigenvalue weighted by Crippen LogP contribution is -2.82. The highest BCUT2D eigenvalue weighted by molar-refractivity contribution is 5.96. The Bertz CT molecular complexity index is 3090. The fourth-order valence-electron chi connectivity index (χ4n) is 12.4. The van der Waals surface area contributed by atoms with Crippen LogP contribution in [0.4, 0.5) is 0 Å². The van der Waals surface area contributed by atoms with E-state index in [1.165, 1.54) is 30.9 Å². The fourth-order valence-corrected chi connectivity index (χ4v) is 12.4. The van der Waals surface area contributed by atoms with Gasteiger partial charge in [0.05, 0.1) is 68.4 Å². The normalized spacial score (nSPS) is 25.6. The number of ketones is 1. The lowest BCUT2D eigenvalue weighted by atomic mass is 9.44. The minimum absolute atomic E-state index is 0.000836. The summed E-state index contributed by atoms with van der Waals surface area (Å²) >= 11 is 0. The number of aliphatic hydroxyl groups is 3. The van der Waals surface area contributed by atoms with E-state index in [2.05, 4.69) is 5.32 Å². The van der Waals surface area contributed by atoms with Crippen LogP contribution in [0.1, 0.15) is 86.7 Å². The first kappa shape index (κ1) is 69.6. The average Bonchev–Trinajstić information content (AvgIpc) is 0.673. The molecule has 11 atom stereocenters. The van der Waals surface area contributed by atoms with Gasteiger partial charge in [-0.25, -0.2) is 9.59 Å². The second kappa shape index (κ2) is 29.2. The summed E-state index contributed by atoms with van der Waals surface area (Å²) < 4.78 is 30.3. The van der Waals surface area contributed by atoms with Crippen molar-refractivity contribution in [2.24, 2.45) is 16.7 Å². The first-order valence-electron chi connectivity index (χ1n) is 28.2. The number of aliphatic hydroxyl groups excluding tert-OH is 2. The maximum Gasteiger partial charge on any atom is 0.338 e. The van der Waals surface area contributed by atoms with Crippen molar-refractivity contribution in [3.05, 3.63) is 119 Å². The van der Waals surface area contributed by atoms with Gasteiger partial charge in [-0.05, 0) is 54.8 Å². The molecular formula is C61H74N4O24. The number of Topliss-reactive ketones (excluding diaryl/α,β-unsaturated/α-hetero) is 1. The third-order valence-electron chi connectivity index (χ3n) is 16.7. The molecule has 1 amide bonds. The van der Waals surface area contributed by atoms with Crippen LogP contribution in [0.5, 0.6) is 0 Å². The molecule has 482 valence electrons. The third kappa shape index (κ3) is 16.0. The molecule has 28 heteroatoms. The molecule has 0 unspecified atom stereocenters. The average molecular weight is 1250 g/mol. The van der Waals surface area contributed by atoms with E-state index in [4.69, 9.17) is 49.2 Å². The van der Waals surface area contributed by atoms with Crippen molar-refractivity contribution in [2.45, 2.75) is 108 Å². The maximum atomic E-state index is 15.5. The largest absolute Gasteiger partial charge is 0.480 e. The van der Waals surface area contributed by atoms with Gasteiger partial charge in [0.15, 0.2) is 23.6 Å². The van der Waals surface area contributed by atoms with Gasteiger partial charge in [-0.15, -0.1) is 0 Å². The van der Waals surface area contributed by atoms with E-state index >= 15 is 4.79 Å². The van der Waals surface area contributed by atoms with E-state index in [-0.39, 0.29) is 61.5 Å². The van der Waals surface area contributed by atoms with Crippen molar-refractivity contribution >= 4 is 65.4 Å². The molecule has 28 nitrogen and oxygen atoms in total. The summed E-state index contributed by atoms with van der Waals surface area (Å²) in [6, 6.07) is 22.9. The van der Waals surface area contributed by atoms with E-state index in [1.54, 1.807) is 92.7 Å². The van der Waals surface area contributed by atoms with Gasteiger partial charge >= 0.3 is 53.7 Å². The molecule has 1 saturated heterocycles. The van der Waals surface area contributed by atoms with Crippen molar-refractivity contribution in [2.75, 3.05) is 65.5 Å². The molecule has 3 aliphatic carbocycles. The van der Waals surface area contributed by atoms with Crippen molar-refractivity contribution in [1.29, 1.82) is 0 Å². The molecule has 3 fully saturated rings. The molecule has 3 aromatic rings. The van der Waals surface area contributed by atoms with Gasteiger partial charge in [0.1, 0.15) is 23.9 Å². The number of amides is 1. The fraction of sp³-hybridized carbons (Fsp3) is 0.492. The van der Waals surface area contributed by atoms with Crippen molar-refractivity contribution in [3.63, 3.8) is 0 Å². The number of fused-ring (bicyclic) bond motifs is 5. The van der Waals surface area contributed by atoms with Crippen LogP contribution < -0.4 is 5.32 Å². The topological polar surface area (TPSA) is 418 Å². The predicted molar refractivity (Wildman–Crippen MR) is 305 cm³/mol. The van der Waals surface area contributed by atoms with Crippen LogP contribution >= 0.6 is 0 Å². The number of ether oxygens (including phenoxy) is 5. The highest BCUT2D eigenvalue weighted by Crippen LogP contribution is 2.64. The summed E-state index contributed by atoms with van der Waals surface area (Å²) in [5.41, 5.74) is -7.02. The van der Waals surface area contributed by atoms with E-state index in [0.717, 1.165) is 23.6 Å². The summed E-state index contributed by atoms with van der Waals surface area (Å²) in [6.45, 7) is 5.24. The van der Waals surface area contributed by atoms with Crippen molar-refractivity contribution in [1.82, 2.24) is 20.0 Å². The lowest BCUT2D eigenvalue weighted by Gasteiger charge is -2.67. The van der Waals surface area contributed by atoms with Gasteiger partial charge in [-0.2, -0.15) is 0 Å². The molecule has 2 bridgehead atoms. The van der Waals surface area contributed by atoms with Crippen molar-refractivity contribution in [3.8, 4) is 0 Å². The number of carbonyl (C=O) groups is 11. The lowest BCUT2D eigenvalue weighted by molar-refractivity contribution is -0.346. The smallest absolute Gasteiger partial charge is 0.338 e. The van der Waals surface area contributed by atoms with Gasteiger partial charge in [0.2, 0.25) is 0 Å². The zero-order valence-corrected chi connectivity index (χ0v) is 49.7. The van der Waals surface area contributed by atoms with Crippen LogP contribution in [0.3, 0.4) is 0 Å². The standard InChI is InChI=1S/C47H51NO14.C14H23N3O10/c1-25-31(60-43(56)36(52)35(28-16-10-7-11-17-28)48-41(54)29-18-12-8-13-19-29)23-47(57)40(61-42(55)30-20-14-9-15-21-30)38-45(6,32(51)22-33-46(38,24-58-33)62-27(3)50)39(53)37(59-26(2)49)34(25)44(47,4)5;18-10(19)5-15(1-3-16(6-11(20)21)7-12(22)23)2-4-17(8-13(24)25)9-14(26)27/h7-21,31-33,35-38,40,51-52,57H,22-24H2,1-6H3,(H,48,54);1-9H2,(H,18,19)(H,20,21)(H,22,23)(H,24,25)(H,26,27)/t31-,32-,33+,35-,36+,37+,38-,40-,45+,46-,47+;/m0./s1. The van der Waals surface area contributed by atoms with Crippen LogP contribution in [0.15, 0.2) is 102 Å². The Balaban J connectivity index is 0.000000395. The molecule has 0 spiro atoms.